The summed E-state index contributed by atoms with van der Waals surface area (Å²) in [6.07, 6.45) is -1.23. The lowest BCUT2D eigenvalue weighted by Gasteiger charge is -2.43. The number of halogens is 6. The van der Waals surface area contributed by atoms with Crippen LogP contribution in [0.15, 0.2) is 121 Å². The summed E-state index contributed by atoms with van der Waals surface area (Å²) in [5.74, 6) is -2.25. The van der Waals surface area contributed by atoms with Crippen LogP contribution in [0.3, 0.4) is 0 Å². The van der Waals surface area contributed by atoms with Crippen molar-refractivity contribution in [2.24, 2.45) is 23.7 Å². The number of likely N-dealkylation sites (tertiary alicyclic amines) is 1. The lowest BCUT2D eigenvalue weighted by Crippen LogP contribution is -2.47. The molecule has 1 fully saturated rings. The molecule has 432 valence electrons. The van der Waals surface area contributed by atoms with Crippen LogP contribution in [-0.4, -0.2) is 112 Å². The van der Waals surface area contributed by atoms with Crippen LogP contribution in [-0.2, 0) is 30.7 Å². The third-order valence-electron chi connectivity index (χ3n) is 16.2. The van der Waals surface area contributed by atoms with Crippen LogP contribution in [0.2, 0.25) is 0 Å². The zero-order valence-corrected chi connectivity index (χ0v) is 45.3. The molecule has 8 atom stereocenters. The van der Waals surface area contributed by atoms with Gasteiger partial charge in [-0.2, -0.15) is 26.3 Å². The van der Waals surface area contributed by atoms with E-state index in [0.717, 1.165) is 66.0 Å². The number of aliphatic hydroxyl groups is 3. The highest BCUT2D eigenvalue weighted by Gasteiger charge is 2.49. The number of benzene rings is 4. The molecule has 80 heavy (non-hydrogen) atoms. The van der Waals surface area contributed by atoms with Gasteiger partial charge >= 0.3 is 24.3 Å². The van der Waals surface area contributed by atoms with Crippen molar-refractivity contribution in [2.75, 3.05) is 26.2 Å². The Hall–Kier alpha value is -6.34. The number of nitrogens with one attached hydrogen (secondary N) is 2. The van der Waals surface area contributed by atoms with Gasteiger partial charge in [0.2, 0.25) is 5.91 Å². The van der Waals surface area contributed by atoms with E-state index in [1.54, 1.807) is 24.3 Å². The number of fused-ring (bicyclic) bond motifs is 4. The molecular formula is C62H73F6N3O9. The van der Waals surface area contributed by atoms with Crippen LogP contribution in [0.5, 0.6) is 0 Å². The van der Waals surface area contributed by atoms with Crippen molar-refractivity contribution in [3.63, 3.8) is 0 Å². The SMILES string of the molecule is CC[C@H](C)C(=O)O[C@H]1C[C@H](O)C=C2C=C[C@H](C)[C@H](CC[C@@H](O)C[C@@H](O)CC(=O)O)[C@H]21.O=C(NC1CCN(CCCCC2(C(=O)NCC(F)(F)F)c3ccccc3-c3ccccc32)CC1)c1ccccc1-c1ccc(C(F)(F)F)cc1. The molecule has 1 heterocycles. The van der Waals surface area contributed by atoms with Crippen molar-refractivity contribution < 1.29 is 70.7 Å². The number of rotatable bonds is 20. The Morgan fingerprint density at radius 3 is 2.04 bits per heavy atom. The van der Waals surface area contributed by atoms with E-state index in [0.29, 0.717) is 68.1 Å². The number of unbranched alkanes of at least 4 members (excludes halogenated alkanes) is 1. The van der Waals surface area contributed by atoms with Gasteiger partial charge in [0, 0.05) is 37.0 Å². The molecule has 0 spiro atoms. The summed E-state index contributed by atoms with van der Waals surface area (Å²) in [4.78, 5) is 52.4. The number of amides is 2. The van der Waals surface area contributed by atoms with E-state index >= 15 is 0 Å². The Bertz CT molecular complexity index is 2780. The van der Waals surface area contributed by atoms with Crippen LogP contribution in [0.4, 0.5) is 26.3 Å². The maximum absolute atomic E-state index is 13.7. The smallest absolute Gasteiger partial charge is 0.416 e. The Morgan fingerprint density at radius 2 is 1.44 bits per heavy atom. The van der Waals surface area contributed by atoms with Crippen LogP contribution in [0, 0.1) is 23.7 Å². The molecule has 12 nitrogen and oxygen atoms in total. The fourth-order valence-corrected chi connectivity index (χ4v) is 11.9. The van der Waals surface area contributed by atoms with Gasteiger partial charge < -0.3 is 40.7 Å². The first-order valence-corrected chi connectivity index (χ1v) is 27.7. The van der Waals surface area contributed by atoms with Gasteiger partial charge in [0.05, 0.1) is 36.2 Å². The highest BCUT2D eigenvalue weighted by molar-refractivity contribution is 6.01. The maximum Gasteiger partial charge on any atom is 0.416 e. The van der Waals surface area contributed by atoms with Crippen molar-refractivity contribution in [1.82, 2.24) is 15.5 Å². The van der Waals surface area contributed by atoms with Gasteiger partial charge in [0.15, 0.2) is 0 Å². The molecular weight excluding hydrogens is 1040 g/mol. The van der Waals surface area contributed by atoms with Crippen LogP contribution in [0.25, 0.3) is 22.3 Å². The number of esters is 1. The molecule has 0 bridgehead atoms. The van der Waals surface area contributed by atoms with E-state index in [1.807, 2.05) is 74.5 Å². The zero-order chi connectivity index (χ0) is 57.9. The van der Waals surface area contributed by atoms with Crippen LogP contribution in [0.1, 0.15) is 118 Å². The summed E-state index contributed by atoms with van der Waals surface area (Å²) < 4.78 is 84.5. The number of alkyl halides is 6. The summed E-state index contributed by atoms with van der Waals surface area (Å²) in [5.41, 5.74) is 3.58. The summed E-state index contributed by atoms with van der Waals surface area (Å²) in [6.45, 7) is 6.65. The number of carboxylic acids is 1. The van der Waals surface area contributed by atoms with E-state index in [2.05, 4.69) is 28.5 Å². The third kappa shape index (κ3) is 15.4. The average molecular weight is 1120 g/mol. The normalized spacial score (nSPS) is 21.8. The number of carbonyl (C=O) groups is 4. The topological polar surface area (TPSA) is 186 Å². The molecule has 3 aliphatic carbocycles. The first-order valence-electron chi connectivity index (χ1n) is 27.7. The van der Waals surface area contributed by atoms with Crippen molar-refractivity contribution in [3.05, 3.63) is 143 Å². The summed E-state index contributed by atoms with van der Waals surface area (Å²) >= 11 is 0. The molecule has 4 aromatic carbocycles. The Labute approximate surface area is 463 Å². The fraction of sp³-hybridized carbons (Fsp3) is 0.484. The largest absolute Gasteiger partial charge is 0.481 e. The molecule has 0 saturated carbocycles. The summed E-state index contributed by atoms with van der Waals surface area (Å²) in [7, 11) is 0. The molecule has 0 aromatic heterocycles. The van der Waals surface area contributed by atoms with Crippen LogP contribution >= 0.6 is 0 Å². The number of nitrogens with zero attached hydrogens (tertiary/aromatic N) is 1. The number of allylic oxidation sites excluding steroid dienone is 2. The molecule has 6 N–H and O–H groups in total. The van der Waals surface area contributed by atoms with Gasteiger partial charge in [-0.1, -0.05) is 124 Å². The standard InChI is InChI=1S/C39H37F6N3O2.C23H36O7/c40-38(41,42)25-46-36(50)37(33-13-5-3-10-30(33)31-11-4-6-14-34(31)37)21-7-8-22-48-23-19-28(20-24-48)47-35(49)32-12-2-1-9-29(32)26-15-17-27(18-16-26)39(43,44)45;1-4-13(2)23(29)30-20-11-17(25)9-15-6-5-14(3)19(22(15)20)8-7-16(24)10-18(26)12-21(27)28/h1-6,9-18,28H,7-8,19-25H2,(H,46,50)(H,47,49);5-6,9,13-14,16-20,22,24-26H,4,7-8,10-12H2,1-3H3,(H,27,28)/t;13-,14-,16+,17+,18+,19-,20-,22-/m.0/s1. The van der Waals surface area contributed by atoms with Crippen molar-refractivity contribution >= 4 is 23.8 Å². The molecule has 0 unspecified atom stereocenters. The molecule has 0 radical (unpaired) electrons. The molecule has 2 amide bonds. The van der Waals surface area contributed by atoms with Crippen LogP contribution < -0.4 is 10.6 Å². The van der Waals surface area contributed by atoms with E-state index in [-0.39, 0.29) is 54.4 Å². The van der Waals surface area contributed by atoms with Crippen molar-refractivity contribution in [2.45, 2.75) is 140 Å². The summed E-state index contributed by atoms with van der Waals surface area (Å²) in [5, 5.41) is 44.3. The van der Waals surface area contributed by atoms with E-state index in [1.165, 1.54) is 12.1 Å². The number of carboxylic acid groups (broad SMARTS) is 1. The second kappa shape index (κ2) is 27.0. The number of aliphatic hydroxyl groups excluding tert-OH is 3. The highest BCUT2D eigenvalue weighted by atomic mass is 19.4. The second-order valence-electron chi connectivity index (χ2n) is 21.8. The monoisotopic (exact) mass is 1120 g/mol. The number of hydrogen-bond donors (Lipinski definition) is 6. The van der Waals surface area contributed by atoms with Gasteiger partial charge in [-0.25, -0.2) is 0 Å². The average Bonchev–Trinajstić information content (AvgIpc) is 3.70. The van der Waals surface area contributed by atoms with Gasteiger partial charge in [-0.05, 0) is 127 Å². The highest BCUT2D eigenvalue weighted by Crippen LogP contribution is 2.52. The number of piperidine rings is 1. The number of carbonyl (C=O) groups excluding carboxylic acids is 3. The van der Waals surface area contributed by atoms with Gasteiger partial charge in [0.1, 0.15) is 18.1 Å². The Kier molecular flexibility index (Phi) is 20.6. The zero-order valence-electron chi connectivity index (χ0n) is 45.3. The van der Waals surface area contributed by atoms with E-state index in [4.69, 9.17) is 9.84 Å². The van der Waals surface area contributed by atoms with Gasteiger partial charge in [-0.15, -0.1) is 0 Å². The number of ether oxygens (including phenoxy) is 1. The molecule has 4 aliphatic rings. The minimum Gasteiger partial charge on any atom is -0.481 e. The summed E-state index contributed by atoms with van der Waals surface area (Å²) in [6, 6.07) is 26.4. The first-order chi connectivity index (χ1) is 38.0. The lowest BCUT2D eigenvalue weighted by molar-refractivity contribution is -0.159. The lowest BCUT2D eigenvalue weighted by atomic mass is 9.66. The molecule has 1 saturated heterocycles. The van der Waals surface area contributed by atoms with Crippen molar-refractivity contribution in [3.8, 4) is 22.3 Å². The Morgan fingerprint density at radius 1 is 0.825 bits per heavy atom. The first kappa shape index (κ1) is 61.3. The minimum atomic E-state index is -4.53. The number of hydrogen-bond acceptors (Lipinski definition) is 9. The quantitative estimate of drug-likeness (QED) is 0.0283. The van der Waals surface area contributed by atoms with E-state index in [9.17, 15) is 60.8 Å². The predicted octanol–water partition coefficient (Wildman–Crippen LogP) is 10.8. The molecule has 18 heteroatoms. The molecule has 4 aromatic rings. The fourth-order valence-electron chi connectivity index (χ4n) is 11.9. The number of aliphatic carboxylic acids is 1. The predicted molar refractivity (Wildman–Crippen MR) is 291 cm³/mol. The molecule has 8 rings (SSSR count). The molecule has 1 aliphatic heterocycles. The van der Waals surface area contributed by atoms with E-state index < -0.39 is 66.2 Å². The minimum absolute atomic E-state index is 0.0156. The van der Waals surface area contributed by atoms with Gasteiger partial charge in [-0.3, -0.25) is 19.2 Å². The second-order valence-corrected chi connectivity index (χ2v) is 21.8. The Balaban J connectivity index is 0.000000264. The third-order valence-corrected chi connectivity index (χ3v) is 16.2. The maximum atomic E-state index is 13.7. The van der Waals surface area contributed by atoms with Gasteiger partial charge in [0.25, 0.3) is 5.91 Å². The van der Waals surface area contributed by atoms with Crippen molar-refractivity contribution in [1.29, 1.82) is 0 Å².